The summed E-state index contributed by atoms with van der Waals surface area (Å²) >= 11 is 0. The number of aryl methyl sites for hydroxylation is 1. The fourth-order valence-corrected chi connectivity index (χ4v) is 2.76. The Hall–Kier alpha value is -1.45. The van der Waals surface area contributed by atoms with Crippen LogP contribution in [-0.4, -0.2) is 28.5 Å². The Balaban J connectivity index is 2.15. The number of hydrogen-bond acceptors (Lipinski definition) is 2. The van der Waals surface area contributed by atoms with Gasteiger partial charge in [0.05, 0.1) is 5.69 Å². The molecule has 106 valence electrons. The summed E-state index contributed by atoms with van der Waals surface area (Å²) in [6, 6.07) is 1.79. The molecule has 1 amide bonds. The van der Waals surface area contributed by atoms with Crippen LogP contribution in [0.15, 0.2) is 12.3 Å². The third-order valence-corrected chi connectivity index (χ3v) is 4.10. The minimum absolute atomic E-state index is 0.122. The minimum atomic E-state index is 0.122. The molecule has 1 aliphatic heterocycles. The Bertz CT molecular complexity index is 462. The standard InChI is InChI=1S/C15H25N3O/c1-4-17-11-12(16)10-13(17)14(19)18-8-5-6-15(2,3)7-9-18/h10-11H,4-9,16H2,1-3H3. The molecule has 1 saturated heterocycles. The van der Waals surface area contributed by atoms with Crippen molar-refractivity contribution in [2.75, 3.05) is 18.8 Å². The maximum Gasteiger partial charge on any atom is 0.270 e. The van der Waals surface area contributed by atoms with E-state index in [4.69, 9.17) is 5.73 Å². The first-order chi connectivity index (χ1) is 8.93. The van der Waals surface area contributed by atoms with Crippen LogP contribution in [0.1, 0.15) is 50.5 Å². The number of carbonyl (C=O) groups excluding carboxylic acids is 1. The van der Waals surface area contributed by atoms with E-state index in [1.165, 1.54) is 6.42 Å². The number of carbonyl (C=O) groups is 1. The van der Waals surface area contributed by atoms with E-state index in [-0.39, 0.29) is 5.91 Å². The average Bonchev–Trinajstić information content (AvgIpc) is 2.63. The van der Waals surface area contributed by atoms with Crippen molar-refractivity contribution in [3.05, 3.63) is 18.0 Å². The zero-order valence-electron chi connectivity index (χ0n) is 12.3. The van der Waals surface area contributed by atoms with Crippen molar-refractivity contribution < 1.29 is 4.79 Å². The lowest BCUT2D eigenvalue weighted by Crippen LogP contribution is -2.33. The second-order valence-electron chi connectivity index (χ2n) is 6.25. The van der Waals surface area contributed by atoms with Gasteiger partial charge in [-0.2, -0.15) is 0 Å². The average molecular weight is 263 g/mol. The second-order valence-corrected chi connectivity index (χ2v) is 6.25. The molecule has 0 spiro atoms. The number of nitrogens with two attached hydrogens (primary N) is 1. The number of amides is 1. The molecule has 0 atom stereocenters. The Kier molecular flexibility index (Phi) is 3.88. The van der Waals surface area contributed by atoms with E-state index >= 15 is 0 Å². The molecular weight excluding hydrogens is 238 g/mol. The molecule has 0 unspecified atom stereocenters. The van der Waals surface area contributed by atoms with Crippen LogP contribution in [0.3, 0.4) is 0 Å². The summed E-state index contributed by atoms with van der Waals surface area (Å²) in [4.78, 5) is 14.6. The Morgan fingerprint density at radius 2 is 2.11 bits per heavy atom. The van der Waals surface area contributed by atoms with Gasteiger partial charge in [-0.25, -0.2) is 0 Å². The largest absolute Gasteiger partial charge is 0.397 e. The molecule has 1 aliphatic rings. The summed E-state index contributed by atoms with van der Waals surface area (Å²) < 4.78 is 1.94. The van der Waals surface area contributed by atoms with Crippen molar-refractivity contribution in [3.63, 3.8) is 0 Å². The van der Waals surface area contributed by atoms with Crippen molar-refractivity contribution in [2.24, 2.45) is 5.41 Å². The van der Waals surface area contributed by atoms with Gasteiger partial charge in [-0.05, 0) is 37.7 Å². The minimum Gasteiger partial charge on any atom is -0.397 e. The zero-order valence-corrected chi connectivity index (χ0v) is 12.3. The normalized spacial score (nSPS) is 19.2. The van der Waals surface area contributed by atoms with Gasteiger partial charge in [-0.1, -0.05) is 13.8 Å². The van der Waals surface area contributed by atoms with Crippen molar-refractivity contribution in [2.45, 2.75) is 46.6 Å². The quantitative estimate of drug-likeness (QED) is 0.892. The molecule has 19 heavy (non-hydrogen) atoms. The molecule has 2 N–H and O–H groups in total. The van der Waals surface area contributed by atoms with Gasteiger partial charge in [-0.15, -0.1) is 0 Å². The Labute approximate surface area is 115 Å². The number of anilines is 1. The molecule has 0 aliphatic carbocycles. The molecule has 4 heteroatoms. The number of nitrogens with zero attached hydrogens (tertiary/aromatic N) is 2. The molecule has 4 nitrogen and oxygen atoms in total. The highest BCUT2D eigenvalue weighted by Gasteiger charge is 2.27. The summed E-state index contributed by atoms with van der Waals surface area (Å²) in [5.41, 5.74) is 7.54. The van der Waals surface area contributed by atoms with Crippen LogP contribution in [0.5, 0.6) is 0 Å². The first-order valence-corrected chi connectivity index (χ1v) is 7.18. The predicted molar refractivity (Wildman–Crippen MR) is 78.1 cm³/mol. The van der Waals surface area contributed by atoms with E-state index in [0.29, 0.717) is 11.1 Å². The molecule has 0 saturated carbocycles. The first-order valence-electron chi connectivity index (χ1n) is 7.18. The van der Waals surface area contributed by atoms with E-state index in [2.05, 4.69) is 13.8 Å². The van der Waals surface area contributed by atoms with Crippen molar-refractivity contribution in [1.82, 2.24) is 9.47 Å². The van der Waals surface area contributed by atoms with E-state index in [9.17, 15) is 4.79 Å². The Morgan fingerprint density at radius 3 is 2.79 bits per heavy atom. The molecule has 0 radical (unpaired) electrons. The van der Waals surface area contributed by atoms with Gasteiger partial charge >= 0.3 is 0 Å². The SMILES string of the molecule is CCn1cc(N)cc1C(=O)N1CCCC(C)(C)CC1. The number of rotatable bonds is 2. The summed E-state index contributed by atoms with van der Waals surface area (Å²) in [6.07, 6.45) is 5.19. The van der Waals surface area contributed by atoms with Gasteiger partial charge in [0.1, 0.15) is 5.69 Å². The third-order valence-electron chi connectivity index (χ3n) is 4.10. The van der Waals surface area contributed by atoms with Crippen molar-refractivity contribution in [1.29, 1.82) is 0 Å². The lowest BCUT2D eigenvalue weighted by molar-refractivity contribution is 0.0746. The predicted octanol–water partition coefficient (Wildman–Crippen LogP) is 2.74. The van der Waals surface area contributed by atoms with E-state index < -0.39 is 0 Å². The zero-order chi connectivity index (χ0) is 14.0. The number of hydrogen-bond donors (Lipinski definition) is 1. The highest BCUT2D eigenvalue weighted by atomic mass is 16.2. The van der Waals surface area contributed by atoms with Gasteiger partial charge in [-0.3, -0.25) is 4.79 Å². The van der Waals surface area contributed by atoms with Gasteiger partial charge in [0.25, 0.3) is 5.91 Å². The van der Waals surface area contributed by atoms with E-state index in [0.717, 1.165) is 38.2 Å². The van der Waals surface area contributed by atoms with Crippen molar-refractivity contribution >= 4 is 11.6 Å². The number of aromatic nitrogens is 1. The molecule has 2 heterocycles. The lowest BCUT2D eigenvalue weighted by Gasteiger charge is -2.23. The highest BCUT2D eigenvalue weighted by Crippen LogP contribution is 2.30. The smallest absolute Gasteiger partial charge is 0.270 e. The molecule has 0 aromatic carbocycles. The molecule has 2 rings (SSSR count). The summed E-state index contributed by atoms with van der Waals surface area (Å²) in [7, 11) is 0. The van der Waals surface area contributed by atoms with Crippen LogP contribution in [0, 0.1) is 5.41 Å². The van der Waals surface area contributed by atoms with Gasteiger partial charge in [0.2, 0.25) is 0 Å². The summed E-state index contributed by atoms with van der Waals surface area (Å²) in [5.74, 6) is 0.122. The third kappa shape index (κ3) is 3.11. The van der Waals surface area contributed by atoms with Gasteiger partial charge < -0.3 is 15.2 Å². The van der Waals surface area contributed by atoms with Crippen LogP contribution < -0.4 is 5.73 Å². The van der Waals surface area contributed by atoms with Crippen LogP contribution in [0.25, 0.3) is 0 Å². The molecule has 0 bridgehead atoms. The molecular formula is C15H25N3O. The lowest BCUT2D eigenvalue weighted by atomic mass is 9.85. The fourth-order valence-electron chi connectivity index (χ4n) is 2.76. The topological polar surface area (TPSA) is 51.3 Å². The maximum absolute atomic E-state index is 12.6. The second kappa shape index (κ2) is 5.27. The number of likely N-dealkylation sites (tertiary alicyclic amines) is 1. The van der Waals surface area contributed by atoms with Crippen LogP contribution in [-0.2, 0) is 6.54 Å². The number of nitrogen functional groups attached to an aromatic ring is 1. The van der Waals surface area contributed by atoms with E-state index in [1.54, 1.807) is 6.07 Å². The van der Waals surface area contributed by atoms with Crippen LogP contribution in [0.4, 0.5) is 5.69 Å². The van der Waals surface area contributed by atoms with E-state index in [1.807, 2.05) is 22.6 Å². The van der Waals surface area contributed by atoms with Crippen LogP contribution >= 0.6 is 0 Å². The summed E-state index contributed by atoms with van der Waals surface area (Å²) in [5, 5.41) is 0. The molecule has 1 fully saturated rings. The Morgan fingerprint density at radius 1 is 1.37 bits per heavy atom. The van der Waals surface area contributed by atoms with Gasteiger partial charge in [0, 0.05) is 25.8 Å². The first kappa shape index (κ1) is 14.0. The monoisotopic (exact) mass is 263 g/mol. The van der Waals surface area contributed by atoms with Crippen LogP contribution in [0.2, 0.25) is 0 Å². The highest BCUT2D eigenvalue weighted by molar-refractivity contribution is 5.93. The molecule has 1 aromatic heterocycles. The fraction of sp³-hybridized carbons (Fsp3) is 0.667. The van der Waals surface area contributed by atoms with Gasteiger partial charge in [0.15, 0.2) is 0 Å². The van der Waals surface area contributed by atoms with Crippen molar-refractivity contribution in [3.8, 4) is 0 Å². The maximum atomic E-state index is 12.6. The molecule has 1 aromatic rings. The summed E-state index contributed by atoms with van der Waals surface area (Å²) in [6.45, 7) is 9.08.